The van der Waals surface area contributed by atoms with Crippen LogP contribution < -0.4 is 0 Å². The molecular weight excluding hydrogens is 144 g/mol. The van der Waals surface area contributed by atoms with Crippen molar-refractivity contribution in [2.24, 2.45) is 22.2 Å². The Morgan fingerprint density at radius 3 is 2.08 bits per heavy atom. The lowest BCUT2D eigenvalue weighted by Crippen LogP contribution is -2.26. The van der Waals surface area contributed by atoms with Crippen molar-refractivity contribution in [3.8, 4) is 0 Å². The SMILES string of the molecule is CCC12CC(C)C(C)(C)C1(C)C2. The van der Waals surface area contributed by atoms with Gasteiger partial charge in [0.1, 0.15) is 0 Å². The monoisotopic (exact) mass is 166 g/mol. The lowest BCUT2D eigenvalue weighted by molar-refractivity contribution is 0.158. The maximum atomic E-state index is 2.51. The third kappa shape index (κ3) is 0.625. The molecule has 3 atom stereocenters. The number of hydrogen-bond donors (Lipinski definition) is 0. The molecule has 12 heavy (non-hydrogen) atoms. The highest BCUT2D eigenvalue weighted by Gasteiger charge is 2.74. The second-order valence-corrected chi connectivity index (χ2v) is 5.97. The fourth-order valence-electron chi connectivity index (χ4n) is 3.89. The van der Waals surface area contributed by atoms with Gasteiger partial charge in [-0.25, -0.2) is 0 Å². The molecule has 70 valence electrons. The highest BCUT2D eigenvalue weighted by Crippen LogP contribution is 2.82. The zero-order valence-corrected chi connectivity index (χ0v) is 9.20. The maximum absolute atomic E-state index is 2.51. The topological polar surface area (TPSA) is 0 Å². The van der Waals surface area contributed by atoms with Crippen molar-refractivity contribution >= 4 is 0 Å². The summed E-state index contributed by atoms with van der Waals surface area (Å²) in [5.74, 6) is 0.927. The van der Waals surface area contributed by atoms with Crippen LogP contribution in [-0.2, 0) is 0 Å². The highest BCUT2D eigenvalue weighted by atomic mass is 14.8. The van der Waals surface area contributed by atoms with E-state index in [1.54, 1.807) is 0 Å². The lowest BCUT2D eigenvalue weighted by Gasteiger charge is -2.33. The van der Waals surface area contributed by atoms with Crippen LogP contribution in [0.15, 0.2) is 0 Å². The molecule has 0 aromatic carbocycles. The number of fused-ring (bicyclic) bond motifs is 1. The van der Waals surface area contributed by atoms with E-state index < -0.39 is 0 Å². The molecule has 2 fully saturated rings. The van der Waals surface area contributed by atoms with E-state index in [9.17, 15) is 0 Å². The first-order valence-corrected chi connectivity index (χ1v) is 5.40. The molecule has 0 aromatic rings. The molecule has 0 spiro atoms. The summed E-state index contributed by atoms with van der Waals surface area (Å²) in [7, 11) is 0. The Bertz CT molecular complexity index is 216. The first-order valence-electron chi connectivity index (χ1n) is 5.40. The molecule has 0 N–H and O–H groups in total. The average Bonchev–Trinajstić information content (AvgIpc) is 2.54. The van der Waals surface area contributed by atoms with Gasteiger partial charge in [0, 0.05) is 0 Å². The Labute approximate surface area is 76.7 Å². The predicted octanol–water partition coefficient (Wildman–Crippen LogP) is 3.86. The number of hydrogen-bond acceptors (Lipinski definition) is 0. The van der Waals surface area contributed by atoms with Gasteiger partial charge < -0.3 is 0 Å². The summed E-state index contributed by atoms with van der Waals surface area (Å²) in [6.45, 7) is 12.3. The van der Waals surface area contributed by atoms with Crippen LogP contribution in [0.3, 0.4) is 0 Å². The minimum Gasteiger partial charge on any atom is -0.0648 e. The van der Waals surface area contributed by atoms with Crippen LogP contribution in [0.25, 0.3) is 0 Å². The molecule has 0 amide bonds. The molecule has 3 unspecified atom stereocenters. The highest BCUT2D eigenvalue weighted by molar-refractivity contribution is 5.23. The van der Waals surface area contributed by atoms with E-state index in [1.165, 1.54) is 19.3 Å². The Morgan fingerprint density at radius 2 is 1.83 bits per heavy atom. The fourth-order valence-corrected chi connectivity index (χ4v) is 3.89. The van der Waals surface area contributed by atoms with Crippen molar-refractivity contribution in [1.82, 2.24) is 0 Å². The molecule has 0 aromatic heterocycles. The van der Waals surface area contributed by atoms with Gasteiger partial charge in [0.05, 0.1) is 0 Å². The van der Waals surface area contributed by atoms with Gasteiger partial charge in [-0.3, -0.25) is 0 Å². The second-order valence-electron chi connectivity index (χ2n) is 5.97. The lowest BCUT2D eigenvalue weighted by atomic mass is 9.72. The third-order valence-electron chi connectivity index (χ3n) is 5.77. The molecule has 0 heteroatoms. The van der Waals surface area contributed by atoms with Crippen LogP contribution in [0.2, 0.25) is 0 Å². The van der Waals surface area contributed by atoms with E-state index in [4.69, 9.17) is 0 Å². The predicted molar refractivity (Wildman–Crippen MR) is 53.0 cm³/mol. The zero-order chi connectivity index (χ0) is 9.20. The molecule has 0 nitrogen and oxygen atoms in total. The Kier molecular flexibility index (Phi) is 1.37. The van der Waals surface area contributed by atoms with Crippen LogP contribution >= 0.6 is 0 Å². The smallest absolute Gasteiger partial charge is 0.0210 e. The minimum atomic E-state index is 0.586. The van der Waals surface area contributed by atoms with Gasteiger partial charge in [-0.15, -0.1) is 0 Å². The summed E-state index contributed by atoms with van der Waals surface area (Å²) < 4.78 is 0. The molecule has 2 rings (SSSR count). The molecule has 2 saturated carbocycles. The average molecular weight is 166 g/mol. The standard InChI is InChI=1S/C12H22/c1-6-12-7-9(2)10(3,4)11(12,5)8-12/h9H,6-8H2,1-5H3. The largest absolute Gasteiger partial charge is 0.0648 e. The van der Waals surface area contributed by atoms with E-state index in [1.807, 2.05) is 0 Å². The van der Waals surface area contributed by atoms with E-state index >= 15 is 0 Å². The Morgan fingerprint density at radius 1 is 1.25 bits per heavy atom. The van der Waals surface area contributed by atoms with Crippen molar-refractivity contribution in [3.05, 3.63) is 0 Å². The molecular formula is C12H22. The third-order valence-corrected chi connectivity index (χ3v) is 5.77. The van der Waals surface area contributed by atoms with Crippen LogP contribution in [0, 0.1) is 22.2 Å². The summed E-state index contributed by atoms with van der Waals surface area (Å²) in [6, 6.07) is 0. The van der Waals surface area contributed by atoms with Crippen LogP contribution in [0.5, 0.6) is 0 Å². The second kappa shape index (κ2) is 1.91. The van der Waals surface area contributed by atoms with Gasteiger partial charge in [0.25, 0.3) is 0 Å². The summed E-state index contributed by atoms with van der Waals surface area (Å²) in [5, 5.41) is 0. The molecule has 0 saturated heterocycles. The van der Waals surface area contributed by atoms with Crippen molar-refractivity contribution in [1.29, 1.82) is 0 Å². The van der Waals surface area contributed by atoms with E-state index in [2.05, 4.69) is 34.6 Å². The maximum Gasteiger partial charge on any atom is -0.0210 e. The van der Waals surface area contributed by atoms with Crippen LogP contribution in [0.4, 0.5) is 0 Å². The van der Waals surface area contributed by atoms with E-state index in [0.717, 1.165) is 11.3 Å². The van der Waals surface area contributed by atoms with Gasteiger partial charge in [0.2, 0.25) is 0 Å². The molecule has 0 bridgehead atoms. The van der Waals surface area contributed by atoms with Gasteiger partial charge >= 0.3 is 0 Å². The Balaban J connectivity index is 2.34. The van der Waals surface area contributed by atoms with Crippen molar-refractivity contribution in [2.75, 3.05) is 0 Å². The summed E-state index contributed by atoms with van der Waals surface area (Å²) in [5.41, 5.74) is 2.01. The normalized spacial score (nSPS) is 55.2. The van der Waals surface area contributed by atoms with Crippen LogP contribution in [-0.4, -0.2) is 0 Å². The molecule has 0 aliphatic heterocycles. The zero-order valence-electron chi connectivity index (χ0n) is 9.20. The molecule has 0 heterocycles. The van der Waals surface area contributed by atoms with Crippen molar-refractivity contribution < 1.29 is 0 Å². The minimum absolute atomic E-state index is 0.586. The van der Waals surface area contributed by atoms with Gasteiger partial charge in [0.15, 0.2) is 0 Å². The van der Waals surface area contributed by atoms with Crippen molar-refractivity contribution in [3.63, 3.8) is 0 Å². The summed E-state index contributed by atoms with van der Waals surface area (Å²) in [6.07, 6.45) is 4.37. The van der Waals surface area contributed by atoms with E-state index in [-0.39, 0.29) is 0 Å². The fraction of sp³-hybridized carbons (Fsp3) is 1.00. The summed E-state index contributed by atoms with van der Waals surface area (Å²) in [4.78, 5) is 0. The van der Waals surface area contributed by atoms with Gasteiger partial charge in [-0.2, -0.15) is 0 Å². The van der Waals surface area contributed by atoms with Crippen molar-refractivity contribution in [2.45, 2.75) is 53.9 Å². The van der Waals surface area contributed by atoms with Gasteiger partial charge in [-0.1, -0.05) is 34.6 Å². The summed E-state index contributed by atoms with van der Waals surface area (Å²) >= 11 is 0. The van der Waals surface area contributed by atoms with Gasteiger partial charge in [-0.05, 0) is 41.4 Å². The molecule has 2 aliphatic rings. The first-order chi connectivity index (χ1) is 5.40. The number of rotatable bonds is 1. The molecule has 2 aliphatic carbocycles. The first kappa shape index (κ1) is 8.59. The quantitative estimate of drug-likeness (QED) is 0.555. The Hall–Kier alpha value is 0. The van der Waals surface area contributed by atoms with Crippen LogP contribution in [0.1, 0.15) is 53.9 Å². The molecule has 0 radical (unpaired) electrons. The van der Waals surface area contributed by atoms with E-state index in [0.29, 0.717) is 10.8 Å².